The molecular formula is C20H21Cl2NO5. The van der Waals surface area contributed by atoms with Crippen LogP contribution >= 0.6 is 23.2 Å². The van der Waals surface area contributed by atoms with Gasteiger partial charge in [-0.1, -0.05) is 29.3 Å². The minimum atomic E-state index is -0.529. The van der Waals surface area contributed by atoms with Gasteiger partial charge in [0.15, 0.2) is 6.61 Å². The number of hydrogen-bond acceptors (Lipinski definition) is 5. The summed E-state index contributed by atoms with van der Waals surface area (Å²) in [5, 5.41) is 3.38. The van der Waals surface area contributed by atoms with Crippen LogP contribution in [0.4, 0.5) is 0 Å². The summed E-state index contributed by atoms with van der Waals surface area (Å²) in [4.78, 5) is 23.5. The fourth-order valence-corrected chi connectivity index (χ4v) is 2.54. The Balaban J connectivity index is 1.61. The monoisotopic (exact) mass is 425 g/mol. The van der Waals surface area contributed by atoms with Gasteiger partial charge in [-0.3, -0.25) is 9.59 Å². The zero-order valence-electron chi connectivity index (χ0n) is 15.4. The molecule has 0 atom stereocenters. The molecule has 1 amide bonds. The molecule has 1 N–H and O–H groups in total. The van der Waals surface area contributed by atoms with Crippen molar-refractivity contribution in [3.63, 3.8) is 0 Å². The predicted octanol–water partition coefficient (Wildman–Crippen LogP) is 3.67. The normalized spacial score (nSPS) is 10.2. The van der Waals surface area contributed by atoms with E-state index in [0.29, 0.717) is 28.0 Å². The molecule has 150 valence electrons. The molecule has 0 saturated heterocycles. The first-order valence-corrected chi connectivity index (χ1v) is 9.45. The quantitative estimate of drug-likeness (QED) is 0.464. The third-order valence-corrected chi connectivity index (χ3v) is 4.26. The van der Waals surface area contributed by atoms with Crippen LogP contribution in [-0.4, -0.2) is 38.2 Å². The average molecular weight is 426 g/mol. The van der Waals surface area contributed by atoms with Crippen LogP contribution in [0.15, 0.2) is 42.5 Å². The van der Waals surface area contributed by atoms with E-state index in [0.717, 1.165) is 5.75 Å². The number of carbonyl (C=O) groups excluding carboxylic acids is 2. The third kappa shape index (κ3) is 7.66. The Hall–Kier alpha value is -2.44. The van der Waals surface area contributed by atoms with Crippen molar-refractivity contribution >= 4 is 35.1 Å². The first-order valence-electron chi connectivity index (χ1n) is 8.70. The minimum absolute atomic E-state index is 0.00498. The summed E-state index contributed by atoms with van der Waals surface area (Å²) in [6, 6.07) is 12.1. The summed E-state index contributed by atoms with van der Waals surface area (Å²) in [6.45, 7) is 2.73. The highest BCUT2D eigenvalue weighted by Crippen LogP contribution is 2.22. The molecule has 0 radical (unpaired) electrons. The average Bonchev–Trinajstić information content (AvgIpc) is 2.68. The highest BCUT2D eigenvalue weighted by Gasteiger charge is 2.09. The number of amides is 1. The SMILES string of the molecule is CCOc1ccc(OCCNC(=O)COC(=O)Cc2ccc(Cl)c(Cl)c2)cc1. The second-order valence-electron chi connectivity index (χ2n) is 5.69. The van der Waals surface area contributed by atoms with Crippen LogP contribution in [0.2, 0.25) is 10.0 Å². The zero-order valence-corrected chi connectivity index (χ0v) is 16.9. The van der Waals surface area contributed by atoms with Gasteiger partial charge < -0.3 is 19.5 Å². The van der Waals surface area contributed by atoms with Crippen LogP contribution in [0, 0.1) is 0 Å². The van der Waals surface area contributed by atoms with Gasteiger partial charge in [0.05, 0.1) is 29.6 Å². The van der Waals surface area contributed by atoms with Gasteiger partial charge in [-0.25, -0.2) is 0 Å². The number of halogens is 2. The summed E-state index contributed by atoms with van der Waals surface area (Å²) >= 11 is 11.7. The van der Waals surface area contributed by atoms with Gasteiger partial charge >= 0.3 is 5.97 Å². The fraction of sp³-hybridized carbons (Fsp3) is 0.300. The van der Waals surface area contributed by atoms with Crippen molar-refractivity contribution in [3.05, 3.63) is 58.1 Å². The molecule has 2 aromatic carbocycles. The van der Waals surface area contributed by atoms with Crippen LogP contribution in [0.3, 0.4) is 0 Å². The van der Waals surface area contributed by atoms with Crippen LogP contribution < -0.4 is 14.8 Å². The van der Waals surface area contributed by atoms with E-state index < -0.39 is 11.9 Å². The number of ether oxygens (including phenoxy) is 3. The van der Waals surface area contributed by atoms with Gasteiger partial charge in [0, 0.05) is 0 Å². The highest BCUT2D eigenvalue weighted by atomic mass is 35.5. The highest BCUT2D eigenvalue weighted by molar-refractivity contribution is 6.42. The Bertz CT molecular complexity index is 796. The van der Waals surface area contributed by atoms with E-state index in [2.05, 4.69) is 5.32 Å². The number of hydrogen-bond donors (Lipinski definition) is 1. The van der Waals surface area contributed by atoms with Crippen molar-refractivity contribution in [1.82, 2.24) is 5.32 Å². The van der Waals surface area contributed by atoms with E-state index in [1.807, 2.05) is 19.1 Å². The molecule has 6 nitrogen and oxygen atoms in total. The molecule has 2 aromatic rings. The Morgan fingerprint density at radius 3 is 2.29 bits per heavy atom. The molecule has 0 unspecified atom stereocenters. The smallest absolute Gasteiger partial charge is 0.310 e. The maximum atomic E-state index is 11.8. The topological polar surface area (TPSA) is 73.9 Å². The molecule has 0 saturated carbocycles. The predicted molar refractivity (Wildman–Crippen MR) is 107 cm³/mol. The summed E-state index contributed by atoms with van der Waals surface area (Å²) in [6.07, 6.45) is 0.00498. The van der Waals surface area contributed by atoms with Crippen LogP contribution in [0.25, 0.3) is 0 Å². The lowest BCUT2D eigenvalue weighted by molar-refractivity contribution is -0.147. The Kier molecular flexibility index (Phi) is 8.91. The second kappa shape index (κ2) is 11.4. The number of nitrogens with one attached hydrogen (secondary N) is 1. The van der Waals surface area contributed by atoms with Crippen molar-refractivity contribution in [3.8, 4) is 11.5 Å². The number of carbonyl (C=O) groups is 2. The summed E-state index contributed by atoms with van der Waals surface area (Å²) in [5.74, 6) is 0.508. The van der Waals surface area contributed by atoms with E-state index in [1.54, 1.807) is 30.3 Å². The Labute approximate surface area is 173 Å². The van der Waals surface area contributed by atoms with Gasteiger partial charge in [-0.05, 0) is 48.9 Å². The van der Waals surface area contributed by atoms with Crippen LogP contribution in [0.1, 0.15) is 12.5 Å². The van der Waals surface area contributed by atoms with Crippen LogP contribution in [0.5, 0.6) is 11.5 Å². The Morgan fingerprint density at radius 2 is 1.64 bits per heavy atom. The molecule has 2 rings (SSSR count). The molecule has 0 aromatic heterocycles. The maximum Gasteiger partial charge on any atom is 0.310 e. The van der Waals surface area contributed by atoms with E-state index in [-0.39, 0.29) is 26.2 Å². The lowest BCUT2D eigenvalue weighted by atomic mass is 10.1. The molecule has 0 aliphatic rings. The van der Waals surface area contributed by atoms with Gasteiger partial charge in [-0.2, -0.15) is 0 Å². The largest absolute Gasteiger partial charge is 0.494 e. The molecule has 0 heterocycles. The van der Waals surface area contributed by atoms with E-state index in [4.69, 9.17) is 37.4 Å². The van der Waals surface area contributed by atoms with Crippen LogP contribution in [-0.2, 0) is 20.7 Å². The van der Waals surface area contributed by atoms with E-state index in [1.165, 1.54) is 0 Å². The third-order valence-electron chi connectivity index (χ3n) is 3.52. The molecule has 0 spiro atoms. The molecule has 0 aliphatic carbocycles. The van der Waals surface area contributed by atoms with Gasteiger partial charge in [0.2, 0.25) is 0 Å². The molecule has 0 aliphatic heterocycles. The zero-order chi connectivity index (χ0) is 20.4. The molecule has 0 fully saturated rings. The van der Waals surface area contributed by atoms with Gasteiger partial charge in [0.25, 0.3) is 5.91 Å². The van der Waals surface area contributed by atoms with Crippen molar-refractivity contribution in [2.45, 2.75) is 13.3 Å². The summed E-state index contributed by atoms with van der Waals surface area (Å²) in [7, 11) is 0. The number of benzene rings is 2. The molecule has 0 bridgehead atoms. The fourth-order valence-electron chi connectivity index (χ4n) is 2.22. The first kappa shape index (κ1) is 21.9. The summed E-state index contributed by atoms with van der Waals surface area (Å²) in [5.41, 5.74) is 0.656. The summed E-state index contributed by atoms with van der Waals surface area (Å²) < 4.78 is 15.8. The molecular weight excluding hydrogens is 405 g/mol. The van der Waals surface area contributed by atoms with E-state index in [9.17, 15) is 9.59 Å². The number of esters is 1. The van der Waals surface area contributed by atoms with E-state index >= 15 is 0 Å². The van der Waals surface area contributed by atoms with Crippen molar-refractivity contribution < 1.29 is 23.8 Å². The number of rotatable bonds is 10. The first-order chi connectivity index (χ1) is 13.5. The lowest BCUT2D eigenvalue weighted by Gasteiger charge is -2.09. The second-order valence-corrected chi connectivity index (χ2v) is 6.50. The lowest BCUT2D eigenvalue weighted by Crippen LogP contribution is -2.32. The molecule has 28 heavy (non-hydrogen) atoms. The minimum Gasteiger partial charge on any atom is -0.494 e. The Morgan fingerprint density at radius 1 is 0.964 bits per heavy atom. The standard InChI is InChI=1S/C20H21Cl2NO5/c1-2-26-15-4-6-16(7-5-15)27-10-9-23-19(24)13-28-20(25)12-14-3-8-17(21)18(22)11-14/h3-8,11H,2,9-10,12-13H2,1H3,(H,23,24). The van der Waals surface area contributed by atoms with Crippen molar-refractivity contribution in [2.24, 2.45) is 0 Å². The van der Waals surface area contributed by atoms with Crippen molar-refractivity contribution in [2.75, 3.05) is 26.4 Å². The van der Waals surface area contributed by atoms with Gasteiger partial charge in [0.1, 0.15) is 18.1 Å². The van der Waals surface area contributed by atoms with Gasteiger partial charge in [-0.15, -0.1) is 0 Å². The maximum absolute atomic E-state index is 11.8. The van der Waals surface area contributed by atoms with Crippen molar-refractivity contribution in [1.29, 1.82) is 0 Å². The molecule has 8 heteroatoms.